The summed E-state index contributed by atoms with van der Waals surface area (Å²) in [5.74, 6) is -0.464. The first kappa shape index (κ1) is 21.0. The lowest BCUT2D eigenvalue weighted by molar-refractivity contribution is -0.116. The van der Waals surface area contributed by atoms with Gasteiger partial charge in [-0.1, -0.05) is 13.0 Å². The zero-order valence-electron chi connectivity index (χ0n) is 16.3. The van der Waals surface area contributed by atoms with Crippen LogP contribution in [0, 0.1) is 0 Å². The van der Waals surface area contributed by atoms with Crippen molar-refractivity contribution in [3.05, 3.63) is 54.1 Å². The molecule has 0 atom stereocenters. The number of rotatable bonds is 8. The van der Waals surface area contributed by atoms with Crippen molar-refractivity contribution in [1.29, 1.82) is 0 Å². The van der Waals surface area contributed by atoms with Gasteiger partial charge in [0.15, 0.2) is 0 Å². The highest BCUT2D eigenvalue weighted by molar-refractivity contribution is 5.98. The molecule has 7 nitrogen and oxygen atoms in total. The lowest BCUT2D eigenvalue weighted by Gasteiger charge is -2.11. The Hall–Kier alpha value is -3.35. The largest absolute Gasteiger partial charge is 0.376 e. The molecule has 2 aromatic rings. The number of hydrogen-bond acceptors (Lipinski definition) is 4. The Bertz CT molecular complexity index is 832. The van der Waals surface area contributed by atoms with Crippen LogP contribution in [-0.2, 0) is 9.59 Å². The molecule has 28 heavy (non-hydrogen) atoms. The van der Waals surface area contributed by atoms with Crippen molar-refractivity contribution in [2.45, 2.75) is 33.2 Å². The average Bonchev–Trinajstić information content (AvgIpc) is 2.67. The Kier molecular flexibility index (Phi) is 7.56. The minimum atomic E-state index is -0.232. The van der Waals surface area contributed by atoms with Gasteiger partial charge in [0.25, 0.3) is 5.91 Å². The van der Waals surface area contributed by atoms with Crippen molar-refractivity contribution in [3.8, 4) is 0 Å². The van der Waals surface area contributed by atoms with E-state index in [1.807, 2.05) is 13.8 Å². The van der Waals surface area contributed by atoms with Crippen LogP contribution in [0.3, 0.4) is 0 Å². The molecule has 0 aliphatic carbocycles. The summed E-state index contributed by atoms with van der Waals surface area (Å²) < 4.78 is 0. The van der Waals surface area contributed by atoms with E-state index in [0.29, 0.717) is 23.4 Å². The highest BCUT2D eigenvalue weighted by atomic mass is 16.2. The van der Waals surface area contributed by atoms with E-state index < -0.39 is 0 Å². The predicted octanol–water partition coefficient (Wildman–Crippen LogP) is 3.22. The molecule has 0 spiro atoms. The third kappa shape index (κ3) is 6.75. The first-order valence-electron chi connectivity index (χ1n) is 9.22. The Morgan fingerprint density at radius 1 is 0.857 bits per heavy atom. The van der Waals surface area contributed by atoms with E-state index >= 15 is 0 Å². The van der Waals surface area contributed by atoms with Gasteiger partial charge in [0.2, 0.25) is 11.8 Å². The number of carbonyl (C=O) groups excluding carboxylic acids is 3. The number of hydrogen-bond donors (Lipinski definition) is 4. The molecule has 0 saturated carbocycles. The normalized spacial score (nSPS) is 10.3. The van der Waals surface area contributed by atoms with E-state index in [-0.39, 0.29) is 30.3 Å². The smallest absolute Gasteiger partial charge is 0.251 e. The first-order valence-corrected chi connectivity index (χ1v) is 9.22. The van der Waals surface area contributed by atoms with Crippen LogP contribution in [0.25, 0.3) is 0 Å². The van der Waals surface area contributed by atoms with Gasteiger partial charge in [-0.3, -0.25) is 14.4 Å². The number of benzene rings is 2. The molecule has 3 amide bonds. The summed E-state index contributed by atoms with van der Waals surface area (Å²) in [5, 5.41) is 11.4. The fourth-order valence-electron chi connectivity index (χ4n) is 2.39. The van der Waals surface area contributed by atoms with Gasteiger partial charge in [-0.2, -0.15) is 0 Å². The second kappa shape index (κ2) is 10.1. The number of anilines is 3. The molecule has 0 saturated heterocycles. The fraction of sp³-hybridized carbons (Fsp3) is 0.286. The van der Waals surface area contributed by atoms with Crippen molar-refractivity contribution in [1.82, 2.24) is 5.32 Å². The molecule has 2 rings (SSSR count). The molecule has 0 heterocycles. The van der Waals surface area contributed by atoms with Gasteiger partial charge < -0.3 is 21.3 Å². The summed E-state index contributed by atoms with van der Waals surface area (Å²) in [6.45, 7) is 5.64. The van der Waals surface area contributed by atoms with E-state index in [4.69, 9.17) is 0 Å². The molecule has 7 heteroatoms. The molecule has 2 aromatic carbocycles. The maximum absolute atomic E-state index is 12.2. The Morgan fingerprint density at radius 2 is 1.50 bits per heavy atom. The standard InChI is InChI=1S/C21H26N4O3/c1-4-19(26)24-17-10-8-16(9-11-17)22-13-20(27)25-18-7-5-6-15(12-18)21(28)23-14(2)3/h5-12,14,22H,4,13H2,1-3H3,(H,23,28)(H,24,26)(H,25,27). The van der Waals surface area contributed by atoms with Crippen LogP contribution in [0.15, 0.2) is 48.5 Å². The van der Waals surface area contributed by atoms with Crippen molar-refractivity contribution < 1.29 is 14.4 Å². The third-order valence-corrected chi connectivity index (χ3v) is 3.77. The van der Waals surface area contributed by atoms with Crippen LogP contribution < -0.4 is 21.3 Å². The lowest BCUT2D eigenvalue weighted by atomic mass is 10.1. The van der Waals surface area contributed by atoms with Gasteiger partial charge in [0.05, 0.1) is 6.54 Å². The Labute approximate surface area is 164 Å². The topological polar surface area (TPSA) is 99.3 Å². The van der Waals surface area contributed by atoms with E-state index in [2.05, 4.69) is 21.3 Å². The van der Waals surface area contributed by atoms with Gasteiger partial charge >= 0.3 is 0 Å². The maximum Gasteiger partial charge on any atom is 0.251 e. The highest BCUT2D eigenvalue weighted by Gasteiger charge is 2.09. The van der Waals surface area contributed by atoms with Crippen molar-refractivity contribution >= 4 is 34.8 Å². The SMILES string of the molecule is CCC(=O)Nc1ccc(NCC(=O)Nc2cccc(C(=O)NC(C)C)c2)cc1. The Morgan fingerprint density at radius 3 is 2.14 bits per heavy atom. The van der Waals surface area contributed by atoms with Crippen LogP contribution in [0.2, 0.25) is 0 Å². The predicted molar refractivity (Wildman–Crippen MR) is 112 cm³/mol. The molecule has 0 radical (unpaired) electrons. The average molecular weight is 382 g/mol. The summed E-state index contributed by atoms with van der Waals surface area (Å²) in [4.78, 5) is 35.6. The van der Waals surface area contributed by atoms with E-state index in [9.17, 15) is 14.4 Å². The van der Waals surface area contributed by atoms with Crippen LogP contribution in [0.1, 0.15) is 37.6 Å². The van der Waals surface area contributed by atoms with Gasteiger partial charge in [-0.15, -0.1) is 0 Å². The quantitative estimate of drug-likeness (QED) is 0.563. The molecule has 0 unspecified atom stereocenters. The molecule has 0 bridgehead atoms. The third-order valence-electron chi connectivity index (χ3n) is 3.77. The summed E-state index contributed by atoms with van der Waals surface area (Å²) in [5.41, 5.74) is 2.51. The van der Waals surface area contributed by atoms with E-state index in [1.165, 1.54) is 0 Å². The summed E-state index contributed by atoms with van der Waals surface area (Å²) in [6, 6.07) is 13.9. The molecule has 0 fully saturated rings. The fourth-order valence-corrected chi connectivity index (χ4v) is 2.39. The maximum atomic E-state index is 12.2. The summed E-state index contributed by atoms with van der Waals surface area (Å²) in [6.07, 6.45) is 0.417. The monoisotopic (exact) mass is 382 g/mol. The second-order valence-corrected chi connectivity index (χ2v) is 6.59. The van der Waals surface area contributed by atoms with E-state index in [0.717, 1.165) is 5.69 Å². The van der Waals surface area contributed by atoms with Crippen LogP contribution in [-0.4, -0.2) is 30.3 Å². The molecule has 148 valence electrons. The number of nitrogens with one attached hydrogen (secondary N) is 4. The molecule has 0 aliphatic heterocycles. The summed E-state index contributed by atoms with van der Waals surface area (Å²) >= 11 is 0. The molecule has 0 aromatic heterocycles. The molecule has 4 N–H and O–H groups in total. The van der Waals surface area contributed by atoms with Gasteiger partial charge in [-0.25, -0.2) is 0 Å². The number of amides is 3. The van der Waals surface area contributed by atoms with Gasteiger partial charge in [0.1, 0.15) is 0 Å². The van der Waals surface area contributed by atoms with Crippen molar-refractivity contribution in [2.24, 2.45) is 0 Å². The minimum absolute atomic E-state index is 0.0385. The lowest BCUT2D eigenvalue weighted by Crippen LogP contribution is -2.30. The van der Waals surface area contributed by atoms with Crippen LogP contribution in [0.5, 0.6) is 0 Å². The molecular formula is C21H26N4O3. The van der Waals surface area contributed by atoms with Gasteiger partial charge in [0, 0.05) is 35.1 Å². The second-order valence-electron chi connectivity index (χ2n) is 6.59. The minimum Gasteiger partial charge on any atom is -0.376 e. The summed E-state index contributed by atoms with van der Waals surface area (Å²) in [7, 11) is 0. The molecule has 0 aliphatic rings. The highest BCUT2D eigenvalue weighted by Crippen LogP contribution is 2.14. The van der Waals surface area contributed by atoms with Crippen LogP contribution >= 0.6 is 0 Å². The zero-order chi connectivity index (χ0) is 20.5. The van der Waals surface area contributed by atoms with Crippen LogP contribution in [0.4, 0.5) is 17.1 Å². The number of carbonyl (C=O) groups is 3. The van der Waals surface area contributed by atoms with Crippen molar-refractivity contribution in [3.63, 3.8) is 0 Å². The first-order chi connectivity index (χ1) is 13.4. The van der Waals surface area contributed by atoms with Crippen molar-refractivity contribution in [2.75, 3.05) is 22.5 Å². The Balaban J connectivity index is 1.87. The van der Waals surface area contributed by atoms with Gasteiger partial charge in [-0.05, 0) is 56.3 Å². The zero-order valence-corrected chi connectivity index (χ0v) is 16.3. The van der Waals surface area contributed by atoms with E-state index in [1.54, 1.807) is 55.5 Å². The molecular weight excluding hydrogens is 356 g/mol.